The van der Waals surface area contributed by atoms with Crippen molar-refractivity contribution < 1.29 is 9.59 Å². The number of hydrogen-bond donors (Lipinski definition) is 2. The van der Waals surface area contributed by atoms with E-state index in [0.29, 0.717) is 13.1 Å². The van der Waals surface area contributed by atoms with Crippen LogP contribution < -0.4 is 10.6 Å². The van der Waals surface area contributed by atoms with Gasteiger partial charge in [0.2, 0.25) is 5.91 Å². The fourth-order valence-corrected chi connectivity index (χ4v) is 4.23. The highest BCUT2D eigenvalue weighted by Crippen LogP contribution is 2.28. The Hall–Kier alpha value is -2.67. The van der Waals surface area contributed by atoms with E-state index in [4.69, 9.17) is 0 Å². The van der Waals surface area contributed by atoms with E-state index in [9.17, 15) is 9.59 Å². The average Bonchev–Trinajstić information content (AvgIpc) is 3.30. The van der Waals surface area contributed by atoms with E-state index in [2.05, 4.69) is 15.7 Å². The van der Waals surface area contributed by atoms with Gasteiger partial charge in [-0.15, -0.1) is 0 Å². The largest absolute Gasteiger partial charge is 0.351 e. The highest BCUT2D eigenvalue weighted by Gasteiger charge is 2.42. The van der Waals surface area contributed by atoms with Crippen LogP contribution in [0.1, 0.15) is 36.0 Å². The number of hydrogen-bond acceptors (Lipinski definition) is 4. The quantitative estimate of drug-likeness (QED) is 0.839. The van der Waals surface area contributed by atoms with Crippen molar-refractivity contribution in [2.45, 2.75) is 37.3 Å². The van der Waals surface area contributed by atoms with Gasteiger partial charge < -0.3 is 15.5 Å². The molecule has 3 heterocycles. The van der Waals surface area contributed by atoms with Gasteiger partial charge in [-0.2, -0.15) is 5.10 Å². The van der Waals surface area contributed by atoms with Crippen LogP contribution in [0.2, 0.25) is 0 Å². The summed E-state index contributed by atoms with van der Waals surface area (Å²) in [5.41, 5.74) is 0.100. The molecule has 0 spiro atoms. The molecule has 2 aliphatic heterocycles. The first kappa shape index (κ1) is 18.7. The molecule has 0 saturated carbocycles. The summed E-state index contributed by atoms with van der Waals surface area (Å²) in [5, 5.41) is 11.0. The fraction of sp³-hybridized carbons (Fsp3) is 0.476. The highest BCUT2D eigenvalue weighted by atomic mass is 16.2. The summed E-state index contributed by atoms with van der Waals surface area (Å²) in [6.45, 7) is 2.93. The first-order chi connectivity index (χ1) is 13.7. The minimum Gasteiger partial charge on any atom is -0.351 e. The molecule has 2 fully saturated rings. The van der Waals surface area contributed by atoms with Crippen LogP contribution in [0, 0.1) is 0 Å². The summed E-state index contributed by atoms with van der Waals surface area (Å²) in [7, 11) is 0. The van der Waals surface area contributed by atoms with Gasteiger partial charge >= 0.3 is 0 Å². The molecule has 2 aliphatic rings. The van der Waals surface area contributed by atoms with Crippen LogP contribution in [0.4, 0.5) is 0 Å². The second-order valence-corrected chi connectivity index (χ2v) is 7.64. The Kier molecular flexibility index (Phi) is 5.43. The smallest absolute Gasteiger partial charge is 0.253 e. The third-order valence-electron chi connectivity index (χ3n) is 5.93. The van der Waals surface area contributed by atoms with E-state index in [0.717, 1.165) is 44.3 Å². The van der Waals surface area contributed by atoms with Gasteiger partial charge in [-0.05, 0) is 57.0 Å². The molecule has 0 unspecified atom stereocenters. The van der Waals surface area contributed by atoms with Crippen molar-refractivity contribution in [3.8, 4) is 0 Å². The van der Waals surface area contributed by atoms with E-state index in [1.807, 2.05) is 52.2 Å². The number of piperidine rings is 2. The lowest BCUT2D eigenvalue weighted by molar-refractivity contribution is -0.133. The lowest BCUT2D eigenvalue weighted by atomic mass is 9.86. The van der Waals surface area contributed by atoms with Crippen LogP contribution in [-0.4, -0.2) is 58.7 Å². The van der Waals surface area contributed by atoms with Crippen molar-refractivity contribution in [2.75, 3.05) is 26.2 Å². The van der Waals surface area contributed by atoms with E-state index in [-0.39, 0.29) is 17.9 Å². The van der Waals surface area contributed by atoms with Crippen LogP contribution in [0.25, 0.3) is 0 Å². The molecule has 0 radical (unpaired) electrons. The highest BCUT2D eigenvalue weighted by molar-refractivity contribution is 5.94. The molecule has 0 aliphatic carbocycles. The first-order valence-corrected chi connectivity index (χ1v) is 10.1. The molecule has 4 rings (SSSR count). The second kappa shape index (κ2) is 8.14. The molecule has 2 amide bonds. The summed E-state index contributed by atoms with van der Waals surface area (Å²) < 4.78 is 1.82. The topological polar surface area (TPSA) is 79.3 Å². The first-order valence-electron chi connectivity index (χ1n) is 10.1. The fourth-order valence-electron chi connectivity index (χ4n) is 4.23. The Morgan fingerprint density at radius 3 is 2.43 bits per heavy atom. The van der Waals surface area contributed by atoms with Gasteiger partial charge in [0.05, 0.1) is 0 Å². The molecule has 7 nitrogen and oxygen atoms in total. The molecule has 1 aromatic heterocycles. The normalized spacial score (nSPS) is 19.9. The molecule has 2 N–H and O–H groups in total. The summed E-state index contributed by atoms with van der Waals surface area (Å²) >= 11 is 0. The van der Waals surface area contributed by atoms with Crippen molar-refractivity contribution in [2.24, 2.45) is 0 Å². The van der Waals surface area contributed by atoms with Gasteiger partial charge in [-0.25, -0.2) is 0 Å². The zero-order valence-corrected chi connectivity index (χ0v) is 16.0. The summed E-state index contributed by atoms with van der Waals surface area (Å²) in [5.74, 6) is 0.113. The molecule has 2 aromatic rings. The summed E-state index contributed by atoms with van der Waals surface area (Å²) in [6, 6.07) is 11.3. The van der Waals surface area contributed by atoms with Crippen molar-refractivity contribution in [1.82, 2.24) is 25.3 Å². The van der Waals surface area contributed by atoms with E-state index in [1.54, 1.807) is 6.20 Å². The predicted octanol–water partition coefficient (Wildman–Crippen LogP) is 1.38. The monoisotopic (exact) mass is 381 g/mol. The Labute approximate surface area is 165 Å². The van der Waals surface area contributed by atoms with Crippen LogP contribution in [0.3, 0.4) is 0 Å². The summed E-state index contributed by atoms with van der Waals surface area (Å²) in [4.78, 5) is 27.7. The number of aromatic nitrogens is 2. The molecule has 7 heteroatoms. The standard InChI is InChI=1S/C21H27N5O2/c27-19(17-5-2-1-3-6-17)25-15-7-18(8-16-25)24-20(28)21(9-12-22-13-10-21)26-14-4-11-23-26/h1-6,11,14,18,22H,7-10,12-13,15-16H2,(H,24,28). The third kappa shape index (κ3) is 3.67. The van der Waals surface area contributed by atoms with Gasteiger partial charge in [-0.1, -0.05) is 18.2 Å². The van der Waals surface area contributed by atoms with Gasteiger partial charge in [0.1, 0.15) is 5.54 Å². The number of likely N-dealkylation sites (tertiary alicyclic amines) is 1. The van der Waals surface area contributed by atoms with Crippen LogP contribution in [-0.2, 0) is 10.3 Å². The number of rotatable bonds is 4. The predicted molar refractivity (Wildman–Crippen MR) is 106 cm³/mol. The average molecular weight is 381 g/mol. The maximum atomic E-state index is 13.2. The number of benzene rings is 1. The molecular formula is C21H27N5O2. The minimum absolute atomic E-state index is 0.0468. The van der Waals surface area contributed by atoms with E-state index < -0.39 is 5.54 Å². The van der Waals surface area contributed by atoms with Crippen molar-refractivity contribution in [3.63, 3.8) is 0 Å². The van der Waals surface area contributed by atoms with Crippen molar-refractivity contribution >= 4 is 11.8 Å². The number of amides is 2. The number of carbonyl (C=O) groups is 2. The molecule has 2 saturated heterocycles. The van der Waals surface area contributed by atoms with Gasteiger partial charge in [0, 0.05) is 37.1 Å². The molecule has 1 aromatic carbocycles. The molecule has 28 heavy (non-hydrogen) atoms. The second-order valence-electron chi connectivity index (χ2n) is 7.64. The van der Waals surface area contributed by atoms with Gasteiger partial charge in [-0.3, -0.25) is 14.3 Å². The number of carbonyl (C=O) groups excluding carboxylic acids is 2. The van der Waals surface area contributed by atoms with E-state index in [1.165, 1.54) is 0 Å². The van der Waals surface area contributed by atoms with Crippen LogP contribution in [0.5, 0.6) is 0 Å². The lowest BCUT2D eigenvalue weighted by Gasteiger charge is -2.39. The molecular weight excluding hydrogens is 354 g/mol. The lowest BCUT2D eigenvalue weighted by Crippen LogP contribution is -2.57. The molecule has 0 bridgehead atoms. The summed E-state index contributed by atoms with van der Waals surface area (Å²) in [6.07, 6.45) is 6.62. The van der Waals surface area contributed by atoms with Crippen LogP contribution >= 0.6 is 0 Å². The van der Waals surface area contributed by atoms with E-state index >= 15 is 0 Å². The maximum absolute atomic E-state index is 13.2. The van der Waals surface area contributed by atoms with Gasteiger partial charge in [0.25, 0.3) is 5.91 Å². The number of nitrogens with one attached hydrogen (secondary N) is 2. The van der Waals surface area contributed by atoms with Crippen molar-refractivity contribution in [1.29, 1.82) is 0 Å². The third-order valence-corrected chi connectivity index (χ3v) is 5.93. The van der Waals surface area contributed by atoms with Crippen molar-refractivity contribution in [3.05, 3.63) is 54.4 Å². The zero-order chi connectivity index (χ0) is 19.4. The SMILES string of the molecule is O=C(c1ccccc1)N1CCC(NC(=O)C2(n3cccn3)CCNCC2)CC1. The molecule has 0 atom stereocenters. The van der Waals surface area contributed by atoms with Gasteiger partial charge in [0.15, 0.2) is 0 Å². The van der Waals surface area contributed by atoms with Crippen LogP contribution in [0.15, 0.2) is 48.8 Å². The minimum atomic E-state index is -0.619. The maximum Gasteiger partial charge on any atom is 0.253 e. The Bertz CT molecular complexity index is 791. The Balaban J connectivity index is 1.37. The zero-order valence-electron chi connectivity index (χ0n) is 16.0. The Morgan fingerprint density at radius 1 is 1.07 bits per heavy atom. The number of nitrogens with zero attached hydrogens (tertiary/aromatic N) is 3. The Morgan fingerprint density at radius 2 is 1.79 bits per heavy atom. The molecule has 148 valence electrons.